The molecule has 1 heterocycles. The van der Waals surface area contributed by atoms with Crippen LogP contribution in [0.5, 0.6) is 0 Å². The molecule has 0 atom stereocenters. The summed E-state index contributed by atoms with van der Waals surface area (Å²) in [5.41, 5.74) is 0. The third-order valence-corrected chi connectivity index (χ3v) is 1.28. The number of nitrogens with one attached hydrogen (secondary N) is 2. The normalized spacial score (nSPS) is 24.0. The quantitative estimate of drug-likeness (QED) is 0.466. The SMILES string of the molecule is [CH]1CCNCCCN1. The Bertz CT molecular complexity index is 30.5. The molecule has 1 aliphatic heterocycles. The van der Waals surface area contributed by atoms with Crippen LogP contribution in [0.15, 0.2) is 0 Å². The maximum absolute atomic E-state index is 3.32. The Morgan fingerprint density at radius 3 is 3.12 bits per heavy atom. The van der Waals surface area contributed by atoms with E-state index in [0.717, 1.165) is 19.5 Å². The van der Waals surface area contributed by atoms with Gasteiger partial charge in [-0.25, -0.2) is 0 Å². The van der Waals surface area contributed by atoms with Crippen molar-refractivity contribution in [3.8, 4) is 0 Å². The summed E-state index contributed by atoms with van der Waals surface area (Å²) in [6.07, 6.45) is 2.40. The molecule has 0 amide bonds. The number of hydrogen-bond donors (Lipinski definition) is 2. The zero-order chi connectivity index (χ0) is 5.66. The largest absolute Gasteiger partial charge is 0.317 e. The summed E-state index contributed by atoms with van der Waals surface area (Å²) >= 11 is 0. The molecule has 0 aliphatic carbocycles. The van der Waals surface area contributed by atoms with E-state index >= 15 is 0 Å². The van der Waals surface area contributed by atoms with Crippen LogP contribution in [0.4, 0.5) is 0 Å². The smallest absolute Gasteiger partial charge is 0.0233 e. The van der Waals surface area contributed by atoms with Gasteiger partial charge in [0.05, 0.1) is 0 Å². The molecule has 1 aliphatic rings. The standard InChI is InChI=1S/C6H13N2/c1-3-7-5-2-6-8-4-1/h3,7-8H,1-2,4-6H2. The highest BCUT2D eigenvalue weighted by Crippen LogP contribution is 1.85. The highest BCUT2D eigenvalue weighted by atomic mass is 14.9. The van der Waals surface area contributed by atoms with Crippen LogP contribution >= 0.6 is 0 Å². The third-order valence-electron chi connectivity index (χ3n) is 1.28. The van der Waals surface area contributed by atoms with Crippen molar-refractivity contribution in [1.29, 1.82) is 0 Å². The van der Waals surface area contributed by atoms with Gasteiger partial charge in [-0.2, -0.15) is 0 Å². The van der Waals surface area contributed by atoms with Crippen molar-refractivity contribution in [3.05, 3.63) is 6.54 Å². The monoisotopic (exact) mass is 113 g/mol. The second kappa shape index (κ2) is 3.87. The Labute approximate surface area is 50.7 Å². The molecule has 0 spiro atoms. The molecule has 2 heteroatoms. The average Bonchev–Trinajstić information content (AvgIpc) is 1.62. The molecule has 1 fully saturated rings. The van der Waals surface area contributed by atoms with Gasteiger partial charge in [-0.05, 0) is 32.5 Å². The molecule has 0 saturated carbocycles. The van der Waals surface area contributed by atoms with E-state index < -0.39 is 0 Å². The van der Waals surface area contributed by atoms with Gasteiger partial charge in [0.15, 0.2) is 0 Å². The van der Waals surface area contributed by atoms with Crippen molar-refractivity contribution >= 4 is 0 Å². The van der Waals surface area contributed by atoms with E-state index in [1.54, 1.807) is 0 Å². The first-order valence-electron chi connectivity index (χ1n) is 3.26. The molecule has 2 nitrogen and oxygen atoms in total. The van der Waals surface area contributed by atoms with Crippen LogP contribution in [0.2, 0.25) is 0 Å². The van der Waals surface area contributed by atoms with E-state index in [4.69, 9.17) is 0 Å². The zero-order valence-electron chi connectivity index (χ0n) is 5.11. The van der Waals surface area contributed by atoms with E-state index in [1.807, 2.05) is 0 Å². The van der Waals surface area contributed by atoms with Gasteiger partial charge in [-0.3, -0.25) is 0 Å². The van der Waals surface area contributed by atoms with E-state index in [9.17, 15) is 0 Å². The van der Waals surface area contributed by atoms with Crippen molar-refractivity contribution in [2.24, 2.45) is 0 Å². The molecule has 0 unspecified atom stereocenters. The maximum Gasteiger partial charge on any atom is 0.0233 e. The summed E-state index contributed by atoms with van der Waals surface area (Å²) in [7, 11) is 0. The summed E-state index contributed by atoms with van der Waals surface area (Å²) in [6.45, 7) is 5.56. The average molecular weight is 113 g/mol. The van der Waals surface area contributed by atoms with E-state index in [2.05, 4.69) is 17.2 Å². The first kappa shape index (κ1) is 6.05. The van der Waals surface area contributed by atoms with Crippen LogP contribution in [-0.4, -0.2) is 19.6 Å². The number of hydrogen-bond acceptors (Lipinski definition) is 2. The van der Waals surface area contributed by atoms with Gasteiger partial charge in [-0.1, -0.05) is 0 Å². The van der Waals surface area contributed by atoms with Crippen LogP contribution < -0.4 is 10.6 Å². The summed E-state index contributed by atoms with van der Waals surface area (Å²) in [5, 5.41) is 6.54. The summed E-state index contributed by atoms with van der Waals surface area (Å²) < 4.78 is 0. The predicted octanol–water partition coefficient (Wildman–Crippen LogP) is 0.121. The minimum atomic E-state index is 1.13. The van der Waals surface area contributed by atoms with Gasteiger partial charge in [0.2, 0.25) is 0 Å². The first-order valence-corrected chi connectivity index (χ1v) is 3.26. The van der Waals surface area contributed by atoms with Gasteiger partial charge in [-0.15, -0.1) is 0 Å². The van der Waals surface area contributed by atoms with Crippen molar-refractivity contribution < 1.29 is 0 Å². The Balaban J connectivity index is 2.00. The minimum Gasteiger partial charge on any atom is -0.317 e. The maximum atomic E-state index is 3.32. The highest BCUT2D eigenvalue weighted by Gasteiger charge is 1.93. The third kappa shape index (κ3) is 2.28. The second-order valence-electron chi connectivity index (χ2n) is 2.05. The summed E-state index contributed by atoms with van der Waals surface area (Å²) in [6, 6.07) is 0. The van der Waals surface area contributed by atoms with Crippen LogP contribution in [0, 0.1) is 6.54 Å². The lowest BCUT2D eigenvalue weighted by Crippen LogP contribution is -2.26. The lowest BCUT2D eigenvalue weighted by molar-refractivity contribution is 0.569. The van der Waals surface area contributed by atoms with Crippen LogP contribution in [0.25, 0.3) is 0 Å². The highest BCUT2D eigenvalue weighted by molar-refractivity contribution is 4.66. The van der Waals surface area contributed by atoms with Crippen molar-refractivity contribution in [1.82, 2.24) is 10.6 Å². The molecule has 8 heavy (non-hydrogen) atoms. The van der Waals surface area contributed by atoms with Crippen molar-refractivity contribution in [3.63, 3.8) is 0 Å². The Kier molecular flexibility index (Phi) is 2.92. The van der Waals surface area contributed by atoms with E-state index in [1.165, 1.54) is 13.0 Å². The van der Waals surface area contributed by atoms with E-state index in [0.29, 0.717) is 0 Å². The molecular weight excluding hydrogens is 100 g/mol. The fourth-order valence-electron chi connectivity index (χ4n) is 0.819. The molecule has 1 saturated heterocycles. The fraction of sp³-hybridized carbons (Fsp3) is 0.833. The minimum absolute atomic E-state index is 1.13. The van der Waals surface area contributed by atoms with Crippen LogP contribution in [-0.2, 0) is 0 Å². The molecule has 2 N–H and O–H groups in total. The van der Waals surface area contributed by atoms with Crippen molar-refractivity contribution in [2.75, 3.05) is 19.6 Å². The lowest BCUT2D eigenvalue weighted by atomic mass is 10.3. The van der Waals surface area contributed by atoms with Gasteiger partial charge in [0.1, 0.15) is 0 Å². The topological polar surface area (TPSA) is 24.1 Å². The molecule has 0 bridgehead atoms. The molecular formula is C6H13N2. The first-order chi connectivity index (χ1) is 4.00. The second-order valence-corrected chi connectivity index (χ2v) is 2.05. The van der Waals surface area contributed by atoms with Crippen LogP contribution in [0.1, 0.15) is 12.8 Å². The molecule has 0 aromatic rings. The molecule has 1 radical (unpaired) electrons. The lowest BCUT2D eigenvalue weighted by Gasteiger charge is -2.09. The molecule has 1 rings (SSSR count). The van der Waals surface area contributed by atoms with Gasteiger partial charge in [0, 0.05) is 6.54 Å². The van der Waals surface area contributed by atoms with Crippen LogP contribution in [0.3, 0.4) is 0 Å². The van der Waals surface area contributed by atoms with Gasteiger partial charge in [0.25, 0.3) is 0 Å². The predicted molar refractivity (Wildman–Crippen MR) is 34.4 cm³/mol. The van der Waals surface area contributed by atoms with Crippen molar-refractivity contribution in [2.45, 2.75) is 12.8 Å². The summed E-state index contributed by atoms with van der Waals surface area (Å²) in [5.74, 6) is 0. The molecule has 0 aromatic heterocycles. The fourth-order valence-corrected chi connectivity index (χ4v) is 0.819. The van der Waals surface area contributed by atoms with E-state index in [-0.39, 0.29) is 0 Å². The molecule has 0 aromatic carbocycles. The summed E-state index contributed by atoms with van der Waals surface area (Å²) in [4.78, 5) is 0. The van der Waals surface area contributed by atoms with Gasteiger partial charge >= 0.3 is 0 Å². The molecule has 47 valence electrons. The van der Waals surface area contributed by atoms with Gasteiger partial charge < -0.3 is 10.6 Å². The number of rotatable bonds is 0. The zero-order valence-corrected chi connectivity index (χ0v) is 5.11. The Morgan fingerprint density at radius 1 is 1.12 bits per heavy atom. The Hall–Kier alpha value is -0.0800. The Morgan fingerprint density at radius 2 is 2.12 bits per heavy atom.